The van der Waals surface area contributed by atoms with E-state index in [2.05, 4.69) is 5.32 Å². The number of guanidine groups is 1. The number of aliphatic hydroxyl groups excluding tert-OH is 2. The Morgan fingerprint density at radius 3 is 2.29 bits per heavy atom. The van der Waals surface area contributed by atoms with Gasteiger partial charge in [0.2, 0.25) is 0 Å². The van der Waals surface area contributed by atoms with Crippen molar-refractivity contribution in [3.8, 4) is 0 Å². The molecule has 9 N–H and O–H groups in total. The van der Waals surface area contributed by atoms with Gasteiger partial charge >= 0.3 is 5.97 Å². The Morgan fingerprint density at radius 1 is 1.53 bits per heavy atom. The molecule has 0 bridgehead atoms. The minimum atomic E-state index is -1.00. The van der Waals surface area contributed by atoms with Crippen LogP contribution in [0.3, 0.4) is 0 Å². The molecular formula is C9H22N4O4. The van der Waals surface area contributed by atoms with E-state index in [1.807, 2.05) is 0 Å². The molecule has 0 amide bonds. The molecule has 0 aromatic heterocycles. The summed E-state index contributed by atoms with van der Waals surface area (Å²) in [5.41, 5.74) is 10.2. The van der Waals surface area contributed by atoms with Crippen molar-refractivity contribution in [2.45, 2.75) is 31.9 Å². The summed E-state index contributed by atoms with van der Waals surface area (Å²) in [6.07, 6.45) is 0.415. The number of hydrogen-bond donors (Lipinski definition) is 7. The van der Waals surface area contributed by atoms with Gasteiger partial charge < -0.3 is 32.1 Å². The lowest BCUT2D eigenvalue weighted by Gasteiger charge is -2.06. The second-order valence-electron chi connectivity index (χ2n) is 3.46. The average Bonchev–Trinajstić information content (AvgIpc) is 2.24. The van der Waals surface area contributed by atoms with Crippen LogP contribution in [0.15, 0.2) is 0 Å². The predicted octanol–water partition coefficient (Wildman–Crippen LogP) is -1.98. The maximum absolute atomic E-state index is 10.2. The van der Waals surface area contributed by atoms with Crippen molar-refractivity contribution >= 4 is 11.9 Å². The Hall–Kier alpha value is -1.38. The Balaban J connectivity index is 0. The Kier molecular flexibility index (Phi) is 11.8. The fourth-order valence-corrected chi connectivity index (χ4v) is 0.669. The Bertz CT molecular complexity index is 223. The van der Waals surface area contributed by atoms with Crippen LogP contribution < -0.4 is 16.8 Å². The summed E-state index contributed by atoms with van der Waals surface area (Å²) < 4.78 is 0. The maximum atomic E-state index is 10.2. The largest absolute Gasteiger partial charge is 0.480 e. The molecule has 0 aromatic carbocycles. The first-order valence-electron chi connectivity index (χ1n) is 5.16. The van der Waals surface area contributed by atoms with Crippen LogP contribution in [-0.2, 0) is 4.79 Å². The molecule has 0 aromatic rings. The molecule has 2 atom stereocenters. The van der Waals surface area contributed by atoms with Crippen LogP contribution in [0.25, 0.3) is 0 Å². The number of nitrogens with two attached hydrogens (primary N) is 2. The lowest BCUT2D eigenvalue weighted by Crippen LogP contribution is -2.34. The summed E-state index contributed by atoms with van der Waals surface area (Å²) in [5.74, 6) is -1.11. The number of carboxylic acids is 1. The summed E-state index contributed by atoms with van der Waals surface area (Å²) in [5, 5.41) is 33.7. The van der Waals surface area contributed by atoms with Gasteiger partial charge in [-0.1, -0.05) is 0 Å². The monoisotopic (exact) mass is 250 g/mol. The summed E-state index contributed by atoms with van der Waals surface area (Å²) in [6.45, 7) is 1.87. The van der Waals surface area contributed by atoms with Crippen molar-refractivity contribution in [2.24, 2.45) is 11.5 Å². The van der Waals surface area contributed by atoms with Gasteiger partial charge in [0.05, 0.1) is 12.7 Å². The van der Waals surface area contributed by atoms with Crippen molar-refractivity contribution in [1.82, 2.24) is 5.32 Å². The third-order valence-corrected chi connectivity index (χ3v) is 1.59. The molecule has 0 saturated heterocycles. The van der Waals surface area contributed by atoms with E-state index < -0.39 is 18.1 Å². The third-order valence-electron chi connectivity index (χ3n) is 1.59. The third kappa shape index (κ3) is 17.2. The van der Waals surface area contributed by atoms with Crippen LogP contribution in [-0.4, -0.2) is 52.5 Å². The molecule has 0 fully saturated rings. The molecule has 0 radical (unpaired) electrons. The van der Waals surface area contributed by atoms with Crippen LogP contribution in [0.2, 0.25) is 0 Å². The molecular weight excluding hydrogens is 228 g/mol. The number of aliphatic hydroxyl groups is 2. The van der Waals surface area contributed by atoms with Crippen molar-refractivity contribution < 1.29 is 20.1 Å². The molecule has 8 nitrogen and oxygen atoms in total. The lowest BCUT2D eigenvalue weighted by molar-refractivity contribution is -0.138. The predicted molar refractivity (Wildman–Crippen MR) is 63.5 cm³/mol. The number of carbonyl (C=O) groups is 1. The molecule has 0 aliphatic heterocycles. The van der Waals surface area contributed by atoms with Crippen molar-refractivity contribution in [1.29, 1.82) is 5.41 Å². The Morgan fingerprint density at radius 2 is 2.00 bits per heavy atom. The number of carboxylic acid groups (broad SMARTS) is 1. The topological polar surface area (TPSA) is 166 Å². The minimum absolute atomic E-state index is 0.112. The maximum Gasteiger partial charge on any atom is 0.320 e. The molecule has 0 saturated carbocycles. The highest BCUT2D eigenvalue weighted by Gasteiger charge is 2.09. The minimum Gasteiger partial charge on any atom is -0.480 e. The highest BCUT2D eigenvalue weighted by Crippen LogP contribution is 1.92. The van der Waals surface area contributed by atoms with E-state index in [1.54, 1.807) is 0 Å². The van der Waals surface area contributed by atoms with Crippen LogP contribution >= 0.6 is 0 Å². The molecule has 17 heavy (non-hydrogen) atoms. The van der Waals surface area contributed by atoms with Gasteiger partial charge in [-0.05, 0) is 19.8 Å². The van der Waals surface area contributed by atoms with E-state index in [-0.39, 0.29) is 12.6 Å². The van der Waals surface area contributed by atoms with Gasteiger partial charge in [-0.15, -0.1) is 0 Å². The lowest BCUT2D eigenvalue weighted by atomic mass is 10.2. The van der Waals surface area contributed by atoms with E-state index in [4.69, 9.17) is 32.2 Å². The smallest absolute Gasteiger partial charge is 0.320 e. The molecule has 1 unspecified atom stereocenters. The van der Waals surface area contributed by atoms with Crippen molar-refractivity contribution in [3.63, 3.8) is 0 Å². The van der Waals surface area contributed by atoms with E-state index in [0.717, 1.165) is 0 Å². The van der Waals surface area contributed by atoms with Gasteiger partial charge in [-0.3, -0.25) is 10.2 Å². The van der Waals surface area contributed by atoms with Gasteiger partial charge in [0.15, 0.2) is 5.96 Å². The zero-order valence-electron chi connectivity index (χ0n) is 9.89. The van der Waals surface area contributed by atoms with Crippen LogP contribution in [0.5, 0.6) is 0 Å². The fourth-order valence-electron chi connectivity index (χ4n) is 0.669. The number of aliphatic carboxylic acids is 1. The van der Waals surface area contributed by atoms with Gasteiger partial charge in [0.1, 0.15) is 6.04 Å². The molecule has 102 valence electrons. The Labute approximate surface area is 100 Å². The average molecular weight is 250 g/mol. The SMILES string of the molecule is CC(O)CO.N=C(N)NCCC[C@H](N)C(=O)O. The van der Waals surface area contributed by atoms with E-state index >= 15 is 0 Å². The normalized spacial score (nSPS) is 12.9. The van der Waals surface area contributed by atoms with E-state index in [0.29, 0.717) is 19.4 Å². The van der Waals surface area contributed by atoms with E-state index in [9.17, 15) is 4.79 Å². The highest BCUT2D eigenvalue weighted by molar-refractivity contribution is 5.74. The number of nitrogens with one attached hydrogen (secondary N) is 2. The zero-order chi connectivity index (χ0) is 13.8. The molecule has 0 spiro atoms. The van der Waals surface area contributed by atoms with Crippen molar-refractivity contribution in [2.75, 3.05) is 13.2 Å². The standard InChI is InChI=1S/C6H14N4O2.C3H8O2/c7-4(5(11)12)2-1-3-10-6(8)9;1-3(5)2-4/h4H,1-3,7H2,(H,11,12)(H4,8,9,10);3-5H,2H2,1H3/t4-;/m0./s1. The molecule has 0 rings (SSSR count). The van der Waals surface area contributed by atoms with Gasteiger partial charge in [0, 0.05) is 6.54 Å². The number of hydrogen-bond acceptors (Lipinski definition) is 5. The quantitative estimate of drug-likeness (QED) is 0.163. The summed E-state index contributed by atoms with van der Waals surface area (Å²) in [6, 6.07) is -0.821. The van der Waals surface area contributed by atoms with Gasteiger partial charge in [0.25, 0.3) is 0 Å². The van der Waals surface area contributed by atoms with E-state index in [1.165, 1.54) is 6.92 Å². The van der Waals surface area contributed by atoms with Crippen LogP contribution in [0.4, 0.5) is 0 Å². The second kappa shape index (κ2) is 11.1. The first-order valence-corrected chi connectivity index (χ1v) is 5.16. The molecule has 0 aliphatic carbocycles. The van der Waals surface area contributed by atoms with Crippen LogP contribution in [0, 0.1) is 5.41 Å². The highest BCUT2D eigenvalue weighted by atomic mass is 16.4. The van der Waals surface area contributed by atoms with Crippen molar-refractivity contribution in [3.05, 3.63) is 0 Å². The molecule has 8 heteroatoms. The van der Waals surface area contributed by atoms with Gasteiger partial charge in [-0.2, -0.15) is 0 Å². The van der Waals surface area contributed by atoms with Gasteiger partial charge in [-0.25, -0.2) is 0 Å². The molecule has 0 heterocycles. The van der Waals surface area contributed by atoms with Crippen LogP contribution in [0.1, 0.15) is 19.8 Å². The fraction of sp³-hybridized carbons (Fsp3) is 0.778. The first kappa shape index (κ1) is 18.0. The first-order chi connectivity index (χ1) is 7.81. The summed E-state index contributed by atoms with van der Waals surface area (Å²) in [4.78, 5) is 10.2. The number of rotatable bonds is 6. The second-order valence-corrected chi connectivity index (χ2v) is 3.46. The zero-order valence-corrected chi connectivity index (χ0v) is 9.89. The summed E-state index contributed by atoms with van der Waals surface area (Å²) >= 11 is 0. The summed E-state index contributed by atoms with van der Waals surface area (Å²) in [7, 11) is 0. The molecule has 0 aliphatic rings.